The Morgan fingerprint density at radius 2 is 0.644 bits per heavy atom. The second-order valence-corrected chi connectivity index (χ2v) is 20.3. The van der Waals surface area contributed by atoms with Gasteiger partial charge in [0.05, 0.1) is 0 Å². The normalized spacial score (nSPS) is 11.2. The molecule has 3 heterocycles. The summed E-state index contributed by atoms with van der Waals surface area (Å²) in [4.78, 5) is 12.0. The van der Waals surface area contributed by atoms with Gasteiger partial charge in [0.1, 0.15) is 0 Å². The van der Waals surface area contributed by atoms with E-state index in [9.17, 15) is 0 Å². The van der Waals surface area contributed by atoms with Crippen LogP contribution in [0.2, 0.25) is 0 Å². The molecule has 0 saturated heterocycles. The Morgan fingerprint density at radius 1 is 0.305 bits per heavy atom. The van der Waals surface area contributed by atoms with Crippen molar-refractivity contribution in [3.05, 3.63) is 152 Å². The van der Waals surface area contributed by atoms with Crippen LogP contribution in [0, 0.1) is 0 Å². The predicted molar refractivity (Wildman–Crippen MR) is 267 cm³/mol. The van der Waals surface area contributed by atoms with Gasteiger partial charge in [-0.3, -0.25) is 9.97 Å². The number of thiophene rings is 1. The van der Waals surface area contributed by atoms with E-state index in [0.717, 1.165) is 0 Å². The number of pyridine rings is 2. The summed E-state index contributed by atoms with van der Waals surface area (Å²) in [5.74, 6) is 6.13. The Balaban J connectivity index is 0.000000369. The van der Waals surface area contributed by atoms with Gasteiger partial charge in [-0.2, -0.15) is 0 Å². The molecule has 2 aromatic carbocycles. The van der Waals surface area contributed by atoms with Crippen LogP contribution in [-0.4, -0.2) is 9.97 Å². The van der Waals surface area contributed by atoms with Crippen molar-refractivity contribution < 1.29 is 0 Å². The lowest BCUT2D eigenvalue weighted by atomic mass is 9.96. The molecule has 3 aromatic heterocycles. The second kappa shape index (κ2) is 27.3. The first-order valence-corrected chi connectivity index (χ1v) is 23.6. The molecule has 59 heavy (non-hydrogen) atoms. The molecule has 0 radical (unpaired) electrons. The largest absolute Gasteiger partial charge is 0.261 e. The van der Waals surface area contributed by atoms with E-state index in [1.165, 1.54) is 54.7 Å². The van der Waals surface area contributed by atoms with Crippen molar-refractivity contribution in [1.82, 2.24) is 9.97 Å². The molecule has 5 aromatic rings. The molecule has 0 aliphatic carbocycles. The molecule has 0 bridgehead atoms. The van der Waals surface area contributed by atoms with E-state index in [2.05, 4.69) is 239 Å². The summed E-state index contributed by atoms with van der Waals surface area (Å²) in [6.07, 6.45) is 1.99. The lowest BCUT2D eigenvalue weighted by molar-refractivity contribution is 0.765. The van der Waals surface area contributed by atoms with E-state index in [1.54, 1.807) is 0 Å². The fraction of sp³-hybridized carbons (Fsp3) is 0.536. The zero-order chi connectivity index (χ0) is 45.0. The van der Waals surface area contributed by atoms with Crippen molar-refractivity contribution in [2.24, 2.45) is 0 Å². The van der Waals surface area contributed by atoms with Gasteiger partial charge in [0.15, 0.2) is 0 Å². The first kappa shape index (κ1) is 53.5. The number of aromatic nitrogens is 2. The molecule has 0 aliphatic heterocycles. The Kier molecular flexibility index (Phi) is 24.8. The van der Waals surface area contributed by atoms with E-state index in [4.69, 9.17) is 0 Å². The molecular weight excluding hydrogens is 733 g/mol. The number of rotatable bonds is 10. The molecule has 0 spiro atoms. The van der Waals surface area contributed by atoms with E-state index < -0.39 is 0 Å². The van der Waals surface area contributed by atoms with Crippen molar-refractivity contribution in [3.8, 4) is 0 Å². The molecule has 0 fully saturated rings. The summed E-state index contributed by atoms with van der Waals surface area (Å²) in [5, 5.41) is 0. The van der Waals surface area contributed by atoms with Crippen LogP contribution in [0.3, 0.4) is 0 Å². The predicted octanol–water partition coefficient (Wildman–Crippen LogP) is 18.5. The van der Waals surface area contributed by atoms with Gasteiger partial charge in [-0.05, 0) is 117 Å². The summed E-state index contributed by atoms with van der Waals surface area (Å²) in [5.41, 5.74) is 10.6. The van der Waals surface area contributed by atoms with Gasteiger partial charge in [-0.15, -0.1) is 11.3 Å². The molecule has 0 amide bonds. The van der Waals surface area contributed by atoms with Gasteiger partial charge in [0, 0.05) is 33.0 Å². The highest BCUT2D eigenvalue weighted by Crippen LogP contribution is 2.29. The topological polar surface area (TPSA) is 25.8 Å². The van der Waals surface area contributed by atoms with Gasteiger partial charge in [-0.1, -0.05) is 199 Å². The number of hydrogen-bond acceptors (Lipinski definition) is 3. The fourth-order valence-corrected chi connectivity index (χ4v) is 6.76. The molecule has 0 unspecified atom stereocenters. The van der Waals surface area contributed by atoms with Gasteiger partial charge < -0.3 is 0 Å². The molecular formula is C56H86N2S. The van der Waals surface area contributed by atoms with Crippen LogP contribution in [0.15, 0.2) is 97.2 Å². The molecule has 0 saturated carbocycles. The van der Waals surface area contributed by atoms with Crippen molar-refractivity contribution in [2.45, 2.75) is 198 Å². The molecule has 0 atom stereocenters. The van der Waals surface area contributed by atoms with Crippen LogP contribution < -0.4 is 0 Å². The van der Waals surface area contributed by atoms with Crippen LogP contribution >= 0.6 is 11.3 Å². The van der Waals surface area contributed by atoms with Gasteiger partial charge in [0.2, 0.25) is 0 Å². The van der Waals surface area contributed by atoms with Crippen molar-refractivity contribution in [1.29, 1.82) is 0 Å². The molecule has 5 rings (SSSR count). The molecule has 2 nitrogen and oxygen atoms in total. The highest BCUT2D eigenvalue weighted by atomic mass is 32.1. The van der Waals surface area contributed by atoms with E-state index in [-0.39, 0.29) is 0 Å². The van der Waals surface area contributed by atoms with Gasteiger partial charge >= 0.3 is 0 Å². The smallest absolute Gasteiger partial charge is 0.0432 e. The first-order valence-electron chi connectivity index (χ1n) is 22.8. The number of nitrogens with zero attached hydrogens (tertiary/aromatic N) is 2. The average molecular weight is 819 g/mol. The molecule has 3 heteroatoms. The van der Waals surface area contributed by atoms with Gasteiger partial charge in [0.25, 0.3) is 0 Å². The number of benzene rings is 2. The zero-order valence-corrected chi connectivity index (χ0v) is 42.1. The van der Waals surface area contributed by atoms with Crippen LogP contribution in [0.25, 0.3) is 0 Å². The minimum Gasteiger partial charge on any atom is -0.261 e. The van der Waals surface area contributed by atoms with Crippen LogP contribution in [0.5, 0.6) is 0 Å². The average Bonchev–Trinajstić information content (AvgIpc) is 3.71. The maximum absolute atomic E-state index is 4.57. The quantitative estimate of drug-likeness (QED) is 0.140. The number of hydrogen-bond donors (Lipinski definition) is 0. The molecule has 0 N–H and O–H groups in total. The third kappa shape index (κ3) is 20.5. The van der Waals surface area contributed by atoms with E-state index >= 15 is 0 Å². The summed E-state index contributed by atoms with van der Waals surface area (Å²) in [7, 11) is 0. The SMILES string of the molecule is CC(C)c1ccc(C(C)C)cc1.CC(C)c1ccc(C(C)C)nc1.CC(C)c1ccc(C(C)C)s1.CC(C)c1cccc(C(C)C)c1.CC(C)c1cccc(C(C)C)n1. The van der Waals surface area contributed by atoms with Gasteiger partial charge in [-0.25, -0.2) is 0 Å². The minimum atomic E-state index is 0.531. The third-order valence-corrected chi connectivity index (χ3v) is 12.0. The van der Waals surface area contributed by atoms with Crippen LogP contribution in [-0.2, 0) is 0 Å². The Morgan fingerprint density at radius 3 is 0.915 bits per heavy atom. The third-order valence-electron chi connectivity index (χ3n) is 10.3. The minimum absolute atomic E-state index is 0.531. The maximum Gasteiger partial charge on any atom is 0.0432 e. The van der Waals surface area contributed by atoms with E-state index in [1.807, 2.05) is 17.5 Å². The summed E-state index contributed by atoms with van der Waals surface area (Å²) < 4.78 is 0. The Labute approximate surface area is 369 Å². The standard InChI is InChI=1S/2C12H18.2C11H17N.C10H16S/c1-9(2)11-5-7-12(8-6-11)10(3)4;1-9(2)11-6-5-7-12(8-11)10(3)4;1-8(2)10-5-6-11(9(3)4)12-7-10;1-8(2)10-6-5-7-11(12-10)9(3)4;1-7(2)9-5-6-10(11-9)8(3)4/h2*5-10H,1-4H3;2*5-9H,1-4H3;5-8H,1-4H3. The monoisotopic (exact) mass is 819 g/mol. The van der Waals surface area contributed by atoms with Crippen molar-refractivity contribution in [3.63, 3.8) is 0 Å². The summed E-state index contributed by atoms with van der Waals surface area (Å²) >= 11 is 1.95. The lowest BCUT2D eigenvalue weighted by Crippen LogP contribution is -1.98. The molecule has 326 valence electrons. The van der Waals surface area contributed by atoms with Crippen LogP contribution in [0.4, 0.5) is 0 Å². The lowest BCUT2D eigenvalue weighted by Gasteiger charge is -2.09. The van der Waals surface area contributed by atoms with Crippen molar-refractivity contribution >= 4 is 11.3 Å². The first-order chi connectivity index (χ1) is 27.5. The van der Waals surface area contributed by atoms with Crippen molar-refractivity contribution in [2.75, 3.05) is 0 Å². The maximum atomic E-state index is 4.57. The van der Waals surface area contributed by atoms with E-state index in [0.29, 0.717) is 59.2 Å². The second-order valence-electron chi connectivity index (χ2n) is 19.1. The Bertz CT molecular complexity index is 1580. The fourth-order valence-electron chi connectivity index (χ4n) is 5.74. The zero-order valence-electron chi connectivity index (χ0n) is 41.3. The highest BCUT2D eigenvalue weighted by Gasteiger charge is 2.07. The van der Waals surface area contributed by atoms with Crippen LogP contribution in [0.1, 0.15) is 252 Å². The highest BCUT2D eigenvalue weighted by molar-refractivity contribution is 7.12. The Hall–Kier alpha value is -3.56. The summed E-state index contributed by atoms with van der Waals surface area (Å²) in [6.45, 7) is 44.2. The molecule has 0 aliphatic rings. The summed E-state index contributed by atoms with van der Waals surface area (Å²) in [6, 6.07) is 32.9.